The molecular formula is C13H15NO5. The minimum atomic E-state index is -1.18. The summed E-state index contributed by atoms with van der Waals surface area (Å²) in [7, 11) is 0. The van der Waals surface area contributed by atoms with Crippen molar-refractivity contribution in [2.45, 2.75) is 25.5 Å². The molecule has 6 nitrogen and oxygen atoms in total. The van der Waals surface area contributed by atoms with E-state index in [-0.39, 0.29) is 19.4 Å². The molecule has 0 aliphatic carbocycles. The van der Waals surface area contributed by atoms with Crippen LogP contribution in [0.2, 0.25) is 0 Å². The minimum absolute atomic E-state index is 0.00168. The summed E-state index contributed by atoms with van der Waals surface area (Å²) in [6.45, 7) is 0.151. The summed E-state index contributed by atoms with van der Waals surface area (Å²) in [4.78, 5) is 32.3. The normalized spacial score (nSPS) is 11.4. The third-order valence-electron chi connectivity index (χ3n) is 2.45. The van der Waals surface area contributed by atoms with Crippen molar-refractivity contribution in [1.82, 2.24) is 5.32 Å². The van der Waals surface area contributed by atoms with Crippen LogP contribution in [0.25, 0.3) is 0 Å². The number of carbonyl (C=O) groups is 3. The van der Waals surface area contributed by atoms with Gasteiger partial charge in [-0.3, -0.25) is 9.59 Å². The topological polar surface area (TPSA) is 92.7 Å². The van der Waals surface area contributed by atoms with Gasteiger partial charge in [0.25, 0.3) is 0 Å². The van der Waals surface area contributed by atoms with E-state index in [1.807, 2.05) is 30.3 Å². The highest BCUT2D eigenvalue weighted by molar-refractivity contribution is 5.77. The number of amides is 1. The molecule has 0 aromatic heterocycles. The van der Waals surface area contributed by atoms with Crippen molar-refractivity contribution in [3.05, 3.63) is 35.9 Å². The van der Waals surface area contributed by atoms with Gasteiger partial charge in [0.2, 0.25) is 6.41 Å². The maximum absolute atomic E-state index is 11.4. The van der Waals surface area contributed by atoms with Crippen LogP contribution in [0.5, 0.6) is 0 Å². The molecule has 0 aliphatic rings. The number of hydrogen-bond acceptors (Lipinski definition) is 4. The molecule has 2 N–H and O–H groups in total. The molecule has 6 heteroatoms. The predicted octanol–water partition coefficient (Wildman–Crippen LogP) is 0.709. The molecule has 0 bridgehead atoms. The third kappa shape index (κ3) is 5.67. The van der Waals surface area contributed by atoms with Crippen LogP contribution in [-0.4, -0.2) is 29.5 Å². The lowest BCUT2D eigenvalue weighted by molar-refractivity contribution is -0.146. The Balaban J connectivity index is 2.31. The predicted molar refractivity (Wildman–Crippen MR) is 66.1 cm³/mol. The Labute approximate surface area is 110 Å². The van der Waals surface area contributed by atoms with Crippen LogP contribution in [0.15, 0.2) is 30.3 Å². The first kappa shape index (κ1) is 14.7. The highest BCUT2D eigenvalue weighted by Crippen LogP contribution is 2.04. The molecule has 1 amide bonds. The number of aliphatic carboxylic acids is 1. The summed E-state index contributed by atoms with van der Waals surface area (Å²) in [5.74, 6) is -1.68. The van der Waals surface area contributed by atoms with Crippen molar-refractivity contribution < 1.29 is 24.2 Å². The molecule has 0 radical (unpaired) electrons. The van der Waals surface area contributed by atoms with Gasteiger partial charge in [-0.05, 0) is 12.0 Å². The molecule has 0 fully saturated rings. The zero-order valence-electron chi connectivity index (χ0n) is 10.2. The van der Waals surface area contributed by atoms with E-state index in [4.69, 9.17) is 9.84 Å². The highest BCUT2D eigenvalue weighted by atomic mass is 16.5. The van der Waals surface area contributed by atoms with E-state index in [9.17, 15) is 14.4 Å². The second kappa shape index (κ2) is 7.86. The van der Waals surface area contributed by atoms with Crippen molar-refractivity contribution in [2.75, 3.05) is 0 Å². The van der Waals surface area contributed by atoms with E-state index >= 15 is 0 Å². The summed E-state index contributed by atoms with van der Waals surface area (Å²) in [5, 5.41) is 10.9. The quantitative estimate of drug-likeness (QED) is 0.533. The van der Waals surface area contributed by atoms with E-state index < -0.39 is 18.0 Å². The van der Waals surface area contributed by atoms with E-state index in [0.29, 0.717) is 6.41 Å². The summed E-state index contributed by atoms with van der Waals surface area (Å²) < 4.78 is 4.99. The fourth-order valence-electron chi connectivity index (χ4n) is 1.43. The molecule has 0 saturated carbocycles. The van der Waals surface area contributed by atoms with E-state index in [0.717, 1.165) is 5.56 Å². The van der Waals surface area contributed by atoms with E-state index in [2.05, 4.69) is 5.32 Å². The maximum Gasteiger partial charge on any atom is 0.326 e. The zero-order valence-corrected chi connectivity index (χ0v) is 10.2. The van der Waals surface area contributed by atoms with Crippen LogP contribution in [0.4, 0.5) is 0 Å². The second-order valence-electron chi connectivity index (χ2n) is 3.86. The Morgan fingerprint density at radius 1 is 1.32 bits per heavy atom. The number of hydrogen-bond donors (Lipinski definition) is 2. The standard InChI is InChI=1S/C13H15NO5/c15-9-14-11(13(17)18)6-7-12(16)19-8-10-4-2-1-3-5-10/h1-5,9,11H,6-8H2,(H,14,15)(H,17,18)/t11-/m0/s1. The first-order valence-corrected chi connectivity index (χ1v) is 5.75. The average Bonchev–Trinajstić information content (AvgIpc) is 2.42. The van der Waals surface area contributed by atoms with Gasteiger partial charge in [-0.2, -0.15) is 0 Å². The number of carboxylic acids is 1. The Hall–Kier alpha value is -2.37. The van der Waals surface area contributed by atoms with Gasteiger partial charge in [-0.15, -0.1) is 0 Å². The molecule has 0 saturated heterocycles. The molecule has 1 aromatic rings. The second-order valence-corrected chi connectivity index (χ2v) is 3.86. The van der Waals surface area contributed by atoms with Gasteiger partial charge in [0.05, 0.1) is 0 Å². The van der Waals surface area contributed by atoms with Crippen molar-refractivity contribution in [3.63, 3.8) is 0 Å². The molecule has 102 valence electrons. The van der Waals surface area contributed by atoms with Crippen LogP contribution in [0.3, 0.4) is 0 Å². The Morgan fingerprint density at radius 3 is 2.58 bits per heavy atom. The first-order valence-electron chi connectivity index (χ1n) is 5.75. The van der Waals surface area contributed by atoms with Crippen LogP contribution >= 0.6 is 0 Å². The van der Waals surface area contributed by atoms with Crippen molar-refractivity contribution >= 4 is 18.3 Å². The monoisotopic (exact) mass is 265 g/mol. The molecular weight excluding hydrogens is 250 g/mol. The van der Waals surface area contributed by atoms with Crippen molar-refractivity contribution in [2.24, 2.45) is 0 Å². The molecule has 0 aliphatic heterocycles. The largest absolute Gasteiger partial charge is 0.480 e. The number of benzene rings is 1. The SMILES string of the molecule is O=CN[C@@H](CCC(=O)OCc1ccccc1)C(=O)O. The van der Waals surface area contributed by atoms with Gasteiger partial charge in [0.15, 0.2) is 0 Å². The number of rotatable bonds is 8. The highest BCUT2D eigenvalue weighted by Gasteiger charge is 2.18. The summed E-state index contributed by atoms with van der Waals surface area (Å²) >= 11 is 0. The molecule has 0 unspecified atom stereocenters. The van der Waals surface area contributed by atoms with Crippen molar-refractivity contribution in [3.8, 4) is 0 Å². The number of ether oxygens (including phenoxy) is 1. The van der Waals surface area contributed by atoms with E-state index in [1.54, 1.807) is 0 Å². The van der Waals surface area contributed by atoms with Gasteiger partial charge in [-0.25, -0.2) is 4.79 Å². The summed E-state index contributed by atoms with van der Waals surface area (Å²) in [6, 6.07) is 8.09. The Morgan fingerprint density at radius 2 is 2.00 bits per heavy atom. The number of carbonyl (C=O) groups excluding carboxylic acids is 2. The lowest BCUT2D eigenvalue weighted by Gasteiger charge is -2.10. The molecule has 1 aromatic carbocycles. The molecule has 0 spiro atoms. The molecule has 1 atom stereocenters. The maximum atomic E-state index is 11.4. The zero-order chi connectivity index (χ0) is 14.1. The number of esters is 1. The third-order valence-corrected chi connectivity index (χ3v) is 2.45. The van der Waals surface area contributed by atoms with E-state index in [1.165, 1.54) is 0 Å². The first-order chi connectivity index (χ1) is 9.13. The Bertz CT molecular complexity index is 432. The van der Waals surface area contributed by atoms with Crippen LogP contribution < -0.4 is 5.32 Å². The van der Waals surface area contributed by atoms with Crippen LogP contribution in [0.1, 0.15) is 18.4 Å². The molecule has 19 heavy (non-hydrogen) atoms. The van der Waals surface area contributed by atoms with Crippen molar-refractivity contribution in [1.29, 1.82) is 0 Å². The van der Waals surface area contributed by atoms with Gasteiger partial charge >= 0.3 is 11.9 Å². The van der Waals surface area contributed by atoms with Gasteiger partial charge in [-0.1, -0.05) is 30.3 Å². The van der Waals surface area contributed by atoms with Crippen LogP contribution in [0, 0.1) is 0 Å². The Kier molecular flexibility index (Phi) is 6.08. The number of carboxylic acid groups (broad SMARTS) is 1. The lowest BCUT2D eigenvalue weighted by Crippen LogP contribution is -2.36. The smallest absolute Gasteiger partial charge is 0.326 e. The summed E-state index contributed by atoms with van der Waals surface area (Å²) in [6.07, 6.45) is 0.237. The molecule has 1 rings (SSSR count). The fraction of sp³-hybridized carbons (Fsp3) is 0.308. The summed E-state index contributed by atoms with van der Waals surface area (Å²) in [5.41, 5.74) is 0.858. The van der Waals surface area contributed by atoms with Gasteiger partial charge < -0.3 is 15.2 Å². The lowest BCUT2D eigenvalue weighted by atomic mass is 10.1. The van der Waals surface area contributed by atoms with Crippen LogP contribution in [-0.2, 0) is 25.7 Å². The number of nitrogens with one attached hydrogen (secondary N) is 1. The average molecular weight is 265 g/mol. The molecule has 0 heterocycles. The van der Waals surface area contributed by atoms with Gasteiger partial charge in [0.1, 0.15) is 12.6 Å². The minimum Gasteiger partial charge on any atom is -0.480 e. The fourth-order valence-corrected chi connectivity index (χ4v) is 1.43. The van der Waals surface area contributed by atoms with Gasteiger partial charge in [0, 0.05) is 6.42 Å².